The Kier molecular flexibility index (Phi) is 3.41. The number of nitrogens with one attached hydrogen (secondary N) is 1. The van der Waals surface area contributed by atoms with Crippen LogP contribution in [-0.2, 0) is 0 Å². The molecule has 3 nitrogen and oxygen atoms in total. The molecule has 0 aliphatic heterocycles. The second-order valence-electron chi connectivity index (χ2n) is 3.56. The lowest BCUT2D eigenvalue weighted by Crippen LogP contribution is -2.19. The fourth-order valence-electron chi connectivity index (χ4n) is 1.70. The zero-order chi connectivity index (χ0) is 11.5. The zero-order valence-corrected chi connectivity index (χ0v) is 10.8. The van der Waals surface area contributed by atoms with Crippen molar-refractivity contribution >= 4 is 15.9 Å². The van der Waals surface area contributed by atoms with Gasteiger partial charge in [0, 0.05) is 6.20 Å². The number of aryl methyl sites for hydroxylation is 1. The molecule has 0 radical (unpaired) electrons. The monoisotopic (exact) mass is 280 g/mol. The van der Waals surface area contributed by atoms with Crippen molar-refractivity contribution in [2.24, 2.45) is 0 Å². The van der Waals surface area contributed by atoms with Gasteiger partial charge in [0.2, 0.25) is 0 Å². The van der Waals surface area contributed by atoms with Gasteiger partial charge in [-0.3, -0.25) is 4.98 Å². The topological polar surface area (TPSA) is 38.1 Å². The van der Waals surface area contributed by atoms with Crippen molar-refractivity contribution < 1.29 is 4.42 Å². The van der Waals surface area contributed by atoms with E-state index in [0.717, 1.165) is 21.5 Å². The van der Waals surface area contributed by atoms with E-state index in [1.165, 1.54) is 0 Å². The lowest BCUT2D eigenvalue weighted by molar-refractivity contribution is 0.455. The van der Waals surface area contributed by atoms with Crippen molar-refractivity contribution in [2.75, 3.05) is 7.05 Å². The molecule has 0 aliphatic rings. The Morgan fingerprint density at radius 1 is 1.44 bits per heavy atom. The van der Waals surface area contributed by atoms with Gasteiger partial charge < -0.3 is 9.73 Å². The summed E-state index contributed by atoms with van der Waals surface area (Å²) in [6.45, 7) is 2.05. The molecule has 0 fully saturated rings. The molecule has 1 atom stereocenters. The summed E-state index contributed by atoms with van der Waals surface area (Å²) in [7, 11) is 1.90. The number of rotatable bonds is 3. The third-order valence-corrected chi connectivity index (χ3v) is 3.17. The van der Waals surface area contributed by atoms with Crippen LogP contribution in [0.3, 0.4) is 0 Å². The normalized spacial score (nSPS) is 12.7. The number of hydrogen-bond donors (Lipinski definition) is 1. The molecule has 1 N–H and O–H groups in total. The molecule has 0 amide bonds. The summed E-state index contributed by atoms with van der Waals surface area (Å²) in [6.07, 6.45) is 3.46. The van der Waals surface area contributed by atoms with Crippen LogP contribution in [0.2, 0.25) is 0 Å². The average Bonchev–Trinajstić information content (AvgIpc) is 2.69. The van der Waals surface area contributed by atoms with Crippen LogP contribution in [0.5, 0.6) is 0 Å². The number of furan rings is 1. The Morgan fingerprint density at radius 2 is 2.25 bits per heavy atom. The quantitative estimate of drug-likeness (QED) is 0.939. The standard InChI is InChI=1S/C12H13BrN2O/c1-8-4-3-6-15-10(8)11(14-2)12-9(13)5-7-16-12/h3-7,11,14H,1-2H3. The smallest absolute Gasteiger partial charge is 0.140 e. The largest absolute Gasteiger partial charge is 0.466 e. The van der Waals surface area contributed by atoms with Gasteiger partial charge in [-0.15, -0.1) is 0 Å². The molecular formula is C12H13BrN2O. The predicted octanol–water partition coefficient (Wildman–Crippen LogP) is 3.05. The van der Waals surface area contributed by atoms with Crippen LogP contribution in [0.1, 0.15) is 23.1 Å². The maximum atomic E-state index is 5.48. The van der Waals surface area contributed by atoms with Crippen LogP contribution in [-0.4, -0.2) is 12.0 Å². The minimum absolute atomic E-state index is 0.0226. The summed E-state index contributed by atoms with van der Waals surface area (Å²) in [4.78, 5) is 4.40. The van der Waals surface area contributed by atoms with Crippen molar-refractivity contribution in [1.29, 1.82) is 0 Å². The third kappa shape index (κ3) is 2.03. The molecule has 4 heteroatoms. The fraction of sp³-hybridized carbons (Fsp3) is 0.250. The highest BCUT2D eigenvalue weighted by Gasteiger charge is 2.20. The molecular weight excluding hydrogens is 268 g/mol. The number of hydrogen-bond acceptors (Lipinski definition) is 3. The summed E-state index contributed by atoms with van der Waals surface area (Å²) >= 11 is 3.47. The van der Waals surface area contributed by atoms with E-state index >= 15 is 0 Å². The predicted molar refractivity (Wildman–Crippen MR) is 66.3 cm³/mol. The first kappa shape index (κ1) is 11.4. The highest BCUT2D eigenvalue weighted by molar-refractivity contribution is 9.10. The van der Waals surface area contributed by atoms with Crippen LogP contribution < -0.4 is 5.32 Å². The van der Waals surface area contributed by atoms with Gasteiger partial charge in [-0.2, -0.15) is 0 Å². The molecule has 0 spiro atoms. The van der Waals surface area contributed by atoms with Gasteiger partial charge in [-0.25, -0.2) is 0 Å². The van der Waals surface area contributed by atoms with Crippen LogP contribution in [0.25, 0.3) is 0 Å². The Morgan fingerprint density at radius 3 is 2.81 bits per heavy atom. The summed E-state index contributed by atoms with van der Waals surface area (Å²) in [6, 6.07) is 5.84. The lowest BCUT2D eigenvalue weighted by atomic mass is 10.1. The van der Waals surface area contributed by atoms with Crippen LogP contribution in [0, 0.1) is 6.92 Å². The Balaban J connectivity index is 2.45. The van der Waals surface area contributed by atoms with Crippen molar-refractivity contribution in [3.63, 3.8) is 0 Å². The summed E-state index contributed by atoms with van der Waals surface area (Å²) < 4.78 is 6.43. The number of pyridine rings is 1. The van der Waals surface area contributed by atoms with E-state index in [4.69, 9.17) is 4.42 Å². The van der Waals surface area contributed by atoms with Gasteiger partial charge >= 0.3 is 0 Å². The molecule has 1 unspecified atom stereocenters. The molecule has 2 rings (SSSR count). The third-order valence-electron chi connectivity index (χ3n) is 2.52. The van der Waals surface area contributed by atoms with Gasteiger partial charge in [-0.1, -0.05) is 6.07 Å². The highest BCUT2D eigenvalue weighted by Crippen LogP contribution is 2.29. The Bertz CT molecular complexity index is 481. The van der Waals surface area contributed by atoms with E-state index in [0.29, 0.717) is 0 Å². The summed E-state index contributed by atoms with van der Waals surface area (Å²) in [5.74, 6) is 0.851. The van der Waals surface area contributed by atoms with Crippen molar-refractivity contribution in [3.05, 3.63) is 52.1 Å². The minimum Gasteiger partial charge on any atom is -0.466 e. The van der Waals surface area contributed by atoms with Gasteiger partial charge in [0.05, 0.1) is 16.4 Å². The molecule has 0 aliphatic carbocycles. The van der Waals surface area contributed by atoms with E-state index in [-0.39, 0.29) is 6.04 Å². The van der Waals surface area contributed by atoms with Crippen LogP contribution in [0.15, 0.2) is 39.5 Å². The second-order valence-corrected chi connectivity index (χ2v) is 4.41. The molecule has 0 saturated carbocycles. The van der Waals surface area contributed by atoms with Gasteiger partial charge in [-0.05, 0) is 47.6 Å². The zero-order valence-electron chi connectivity index (χ0n) is 9.20. The van der Waals surface area contributed by atoms with E-state index in [1.807, 2.05) is 32.2 Å². The first-order chi connectivity index (χ1) is 7.74. The Labute approximate surface area is 103 Å². The Hall–Kier alpha value is -1.13. The second kappa shape index (κ2) is 4.80. The van der Waals surface area contributed by atoms with Gasteiger partial charge in [0.1, 0.15) is 11.8 Å². The van der Waals surface area contributed by atoms with E-state index in [2.05, 4.69) is 26.2 Å². The van der Waals surface area contributed by atoms with Gasteiger partial charge in [0.15, 0.2) is 0 Å². The summed E-state index contributed by atoms with van der Waals surface area (Å²) in [5.41, 5.74) is 2.13. The summed E-state index contributed by atoms with van der Waals surface area (Å²) in [5, 5.41) is 3.22. The van der Waals surface area contributed by atoms with E-state index in [9.17, 15) is 0 Å². The van der Waals surface area contributed by atoms with Crippen LogP contribution >= 0.6 is 15.9 Å². The SMILES string of the molecule is CNC(c1ncccc1C)c1occc1Br. The lowest BCUT2D eigenvalue weighted by Gasteiger charge is -2.15. The molecule has 2 aromatic rings. The number of aromatic nitrogens is 1. The maximum absolute atomic E-state index is 5.48. The first-order valence-electron chi connectivity index (χ1n) is 5.05. The average molecular weight is 281 g/mol. The number of nitrogens with zero attached hydrogens (tertiary/aromatic N) is 1. The first-order valence-corrected chi connectivity index (χ1v) is 5.85. The molecule has 0 aromatic carbocycles. The highest BCUT2D eigenvalue weighted by atomic mass is 79.9. The number of halogens is 1. The van der Waals surface area contributed by atoms with E-state index < -0.39 is 0 Å². The van der Waals surface area contributed by atoms with Crippen molar-refractivity contribution in [3.8, 4) is 0 Å². The molecule has 2 heterocycles. The molecule has 0 bridgehead atoms. The maximum Gasteiger partial charge on any atom is 0.140 e. The van der Waals surface area contributed by atoms with Crippen LogP contribution in [0.4, 0.5) is 0 Å². The van der Waals surface area contributed by atoms with Gasteiger partial charge in [0.25, 0.3) is 0 Å². The minimum atomic E-state index is -0.0226. The molecule has 2 aromatic heterocycles. The molecule has 84 valence electrons. The fourth-order valence-corrected chi connectivity index (χ4v) is 2.13. The van der Waals surface area contributed by atoms with E-state index in [1.54, 1.807) is 12.5 Å². The van der Waals surface area contributed by atoms with Crippen molar-refractivity contribution in [1.82, 2.24) is 10.3 Å². The molecule has 16 heavy (non-hydrogen) atoms. The molecule has 0 saturated heterocycles. The van der Waals surface area contributed by atoms with Crippen molar-refractivity contribution in [2.45, 2.75) is 13.0 Å².